The second-order valence-electron chi connectivity index (χ2n) is 5.58. The zero-order chi connectivity index (χ0) is 19.1. The van der Waals surface area contributed by atoms with Gasteiger partial charge in [-0.2, -0.15) is 0 Å². The van der Waals surface area contributed by atoms with E-state index in [1.54, 1.807) is 37.4 Å². The van der Waals surface area contributed by atoms with Gasteiger partial charge in [0.25, 0.3) is 5.22 Å². The molecule has 0 aliphatic carbocycles. The molecule has 0 saturated heterocycles. The molecule has 0 aliphatic rings. The van der Waals surface area contributed by atoms with Gasteiger partial charge >= 0.3 is 0 Å². The van der Waals surface area contributed by atoms with E-state index in [1.807, 2.05) is 12.1 Å². The Kier molecular flexibility index (Phi) is 6.43. The highest BCUT2D eigenvalue weighted by Crippen LogP contribution is 2.24. The lowest BCUT2D eigenvalue weighted by Crippen LogP contribution is -2.27. The lowest BCUT2D eigenvalue weighted by molar-refractivity contribution is -0.118. The van der Waals surface area contributed by atoms with E-state index in [9.17, 15) is 9.18 Å². The van der Waals surface area contributed by atoms with Crippen molar-refractivity contribution < 1.29 is 18.3 Å². The molecule has 0 fully saturated rings. The number of halogens is 1. The fourth-order valence-electron chi connectivity index (χ4n) is 2.33. The lowest BCUT2D eigenvalue weighted by atomic mass is 10.1. The Labute approximate surface area is 160 Å². The highest BCUT2D eigenvalue weighted by Gasteiger charge is 2.11. The van der Waals surface area contributed by atoms with Crippen molar-refractivity contribution in [3.05, 3.63) is 59.9 Å². The molecule has 0 bridgehead atoms. The fraction of sp³-hybridized carbons (Fsp3) is 0.211. The Morgan fingerprint density at radius 3 is 2.70 bits per heavy atom. The predicted octanol–water partition coefficient (Wildman–Crippen LogP) is 3.34. The summed E-state index contributed by atoms with van der Waals surface area (Å²) in [6.07, 6.45) is 0.436. The number of methoxy groups -OCH3 is 1. The minimum absolute atomic E-state index is 0.140. The number of hydrogen-bond donors (Lipinski definition) is 1. The molecule has 8 heteroatoms. The van der Waals surface area contributed by atoms with Gasteiger partial charge in [0.05, 0.1) is 12.9 Å². The molecule has 6 nitrogen and oxygen atoms in total. The van der Waals surface area contributed by atoms with Gasteiger partial charge in [0, 0.05) is 12.1 Å². The van der Waals surface area contributed by atoms with E-state index in [1.165, 1.54) is 6.07 Å². The van der Waals surface area contributed by atoms with Crippen molar-refractivity contribution >= 4 is 17.7 Å². The monoisotopic (exact) mass is 387 g/mol. The van der Waals surface area contributed by atoms with E-state index in [0.717, 1.165) is 23.1 Å². The van der Waals surface area contributed by atoms with Crippen LogP contribution in [0.1, 0.15) is 5.56 Å². The largest absolute Gasteiger partial charge is 0.497 e. The molecule has 0 atom stereocenters. The van der Waals surface area contributed by atoms with Gasteiger partial charge in [-0.25, -0.2) is 4.39 Å². The van der Waals surface area contributed by atoms with Crippen LogP contribution in [0, 0.1) is 5.82 Å². The number of thioether (sulfide) groups is 1. The van der Waals surface area contributed by atoms with Crippen LogP contribution in [0.15, 0.2) is 58.2 Å². The normalized spacial score (nSPS) is 10.6. The first-order chi connectivity index (χ1) is 13.2. The van der Waals surface area contributed by atoms with E-state index < -0.39 is 0 Å². The molecule has 1 aromatic heterocycles. The van der Waals surface area contributed by atoms with Gasteiger partial charge in [-0.3, -0.25) is 4.79 Å². The number of carbonyl (C=O) groups excluding carboxylic acids is 1. The molecule has 1 amide bonds. The molecule has 0 aliphatic heterocycles. The third kappa shape index (κ3) is 5.30. The molecule has 2 aromatic carbocycles. The molecule has 0 unspecified atom stereocenters. The van der Waals surface area contributed by atoms with Crippen molar-refractivity contribution in [3.63, 3.8) is 0 Å². The molecule has 1 heterocycles. The zero-order valence-corrected chi connectivity index (χ0v) is 15.5. The molecule has 0 radical (unpaired) electrons. The van der Waals surface area contributed by atoms with Gasteiger partial charge in [0.2, 0.25) is 11.8 Å². The van der Waals surface area contributed by atoms with E-state index in [4.69, 9.17) is 9.15 Å². The Balaban J connectivity index is 1.45. The summed E-state index contributed by atoms with van der Waals surface area (Å²) >= 11 is 1.15. The van der Waals surface area contributed by atoms with E-state index >= 15 is 0 Å². The maximum Gasteiger partial charge on any atom is 0.277 e. The second-order valence-corrected chi connectivity index (χ2v) is 6.51. The van der Waals surface area contributed by atoms with Crippen LogP contribution >= 0.6 is 11.8 Å². The summed E-state index contributed by atoms with van der Waals surface area (Å²) in [5.74, 6) is 0.806. The first-order valence-corrected chi connectivity index (χ1v) is 9.25. The molecular formula is C19H18FN3O3S. The lowest BCUT2D eigenvalue weighted by Gasteiger charge is -2.05. The van der Waals surface area contributed by atoms with Crippen molar-refractivity contribution in [2.45, 2.75) is 11.6 Å². The summed E-state index contributed by atoms with van der Waals surface area (Å²) in [4.78, 5) is 11.9. The molecule has 140 valence electrons. The number of nitrogens with one attached hydrogen (secondary N) is 1. The number of aromatic nitrogens is 2. The predicted molar refractivity (Wildman–Crippen MR) is 100 cm³/mol. The number of carbonyl (C=O) groups is 1. The fourth-order valence-corrected chi connectivity index (χ4v) is 2.93. The smallest absolute Gasteiger partial charge is 0.277 e. The van der Waals surface area contributed by atoms with Gasteiger partial charge in [0.1, 0.15) is 11.6 Å². The van der Waals surface area contributed by atoms with Crippen LogP contribution in [0.4, 0.5) is 4.39 Å². The highest BCUT2D eigenvalue weighted by atomic mass is 32.2. The first-order valence-electron chi connectivity index (χ1n) is 8.26. The van der Waals surface area contributed by atoms with Crippen LogP contribution in [0.25, 0.3) is 11.5 Å². The minimum atomic E-state index is -0.266. The Morgan fingerprint density at radius 2 is 1.96 bits per heavy atom. The summed E-state index contributed by atoms with van der Waals surface area (Å²) in [5, 5.41) is 11.0. The Bertz CT molecular complexity index is 899. The minimum Gasteiger partial charge on any atom is -0.497 e. The molecule has 0 saturated carbocycles. The maximum atomic E-state index is 13.5. The quantitative estimate of drug-likeness (QED) is 0.598. The molecular weight excluding hydrogens is 369 g/mol. The van der Waals surface area contributed by atoms with Gasteiger partial charge in [0.15, 0.2) is 0 Å². The maximum absolute atomic E-state index is 13.5. The van der Waals surface area contributed by atoms with Gasteiger partial charge in [-0.1, -0.05) is 30.0 Å². The molecule has 3 aromatic rings. The summed E-state index contributed by atoms with van der Waals surface area (Å²) < 4.78 is 24.2. The van der Waals surface area contributed by atoms with Crippen LogP contribution in [-0.2, 0) is 11.2 Å². The van der Waals surface area contributed by atoms with E-state index in [-0.39, 0.29) is 17.5 Å². The Hall–Kier alpha value is -2.87. The van der Waals surface area contributed by atoms with Crippen molar-refractivity contribution in [2.75, 3.05) is 19.4 Å². The Morgan fingerprint density at radius 1 is 1.19 bits per heavy atom. The molecule has 1 N–H and O–H groups in total. The molecule has 3 rings (SSSR count). The third-order valence-electron chi connectivity index (χ3n) is 3.74. The standard InChI is InChI=1S/C19H18FN3O3S/c1-25-15-8-6-14(7-9-15)18-22-23-19(26-18)27-12-17(24)21-11-10-13-4-2-3-5-16(13)20/h2-9H,10-12H2,1H3,(H,21,24). The van der Waals surface area contributed by atoms with Gasteiger partial charge < -0.3 is 14.5 Å². The number of nitrogens with zero attached hydrogens (tertiary/aromatic N) is 2. The average molecular weight is 387 g/mol. The third-order valence-corrected chi connectivity index (χ3v) is 4.56. The summed E-state index contributed by atoms with van der Waals surface area (Å²) in [6, 6.07) is 13.8. The van der Waals surface area contributed by atoms with Crippen LogP contribution in [0.2, 0.25) is 0 Å². The van der Waals surface area contributed by atoms with E-state index in [2.05, 4.69) is 15.5 Å². The molecule has 27 heavy (non-hydrogen) atoms. The summed E-state index contributed by atoms with van der Waals surface area (Å²) in [5.41, 5.74) is 1.34. The van der Waals surface area contributed by atoms with Crippen molar-refractivity contribution in [3.8, 4) is 17.2 Å². The van der Waals surface area contributed by atoms with Crippen LogP contribution in [0.3, 0.4) is 0 Å². The van der Waals surface area contributed by atoms with Crippen molar-refractivity contribution in [2.24, 2.45) is 0 Å². The SMILES string of the molecule is COc1ccc(-c2nnc(SCC(=O)NCCc3ccccc3F)o2)cc1. The van der Waals surface area contributed by atoms with Crippen molar-refractivity contribution in [1.29, 1.82) is 0 Å². The number of rotatable bonds is 8. The van der Waals surface area contributed by atoms with Gasteiger partial charge in [-0.05, 0) is 42.3 Å². The van der Waals surface area contributed by atoms with Crippen LogP contribution < -0.4 is 10.1 Å². The average Bonchev–Trinajstić information content (AvgIpc) is 3.17. The molecule has 0 spiro atoms. The van der Waals surface area contributed by atoms with Gasteiger partial charge in [-0.15, -0.1) is 10.2 Å². The second kappa shape index (κ2) is 9.18. The van der Waals surface area contributed by atoms with Crippen LogP contribution in [-0.4, -0.2) is 35.5 Å². The van der Waals surface area contributed by atoms with Crippen molar-refractivity contribution in [1.82, 2.24) is 15.5 Å². The number of amides is 1. The van der Waals surface area contributed by atoms with E-state index in [0.29, 0.717) is 29.6 Å². The summed E-state index contributed by atoms with van der Waals surface area (Å²) in [6.45, 7) is 0.362. The first kappa shape index (κ1) is 18.9. The number of ether oxygens (including phenoxy) is 1. The number of hydrogen-bond acceptors (Lipinski definition) is 6. The topological polar surface area (TPSA) is 77.2 Å². The zero-order valence-electron chi connectivity index (χ0n) is 14.6. The van der Waals surface area contributed by atoms with Crippen LogP contribution in [0.5, 0.6) is 5.75 Å². The highest BCUT2D eigenvalue weighted by molar-refractivity contribution is 7.99. The summed E-state index contributed by atoms with van der Waals surface area (Å²) in [7, 11) is 1.60. The number of benzene rings is 2.